The van der Waals surface area contributed by atoms with Gasteiger partial charge in [0, 0.05) is 6.20 Å². The number of carbonyl (C=O) groups excluding carboxylic acids is 1. The number of nitrogens with one attached hydrogen (secondary N) is 1. The molecular formula is C12H10Cl2N4O. The largest absolute Gasteiger partial charge is 0.344 e. The van der Waals surface area contributed by atoms with Crippen LogP contribution >= 0.6 is 23.2 Å². The van der Waals surface area contributed by atoms with E-state index in [1.54, 1.807) is 6.20 Å². The smallest absolute Gasteiger partial charge is 0.255 e. The molecule has 2 heterocycles. The number of hydrogen-bond donors (Lipinski definition) is 1. The number of rotatable bonds is 3. The van der Waals surface area contributed by atoms with E-state index in [1.807, 2.05) is 25.1 Å². The van der Waals surface area contributed by atoms with E-state index in [2.05, 4.69) is 20.5 Å². The van der Waals surface area contributed by atoms with Crippen molar-refractivity contribution >= 4 is 29.1 Å². The summed E-state index contributed by atoms with van der Waals surface area (Å²) in [5, 5.41) is 10.0. The molecule has 1 atom stereocenters. The fourth-order valence-electron chi connectivity index (χ4n) is 1.49. The quantitative estimate of drug-likeness (QED) is 0.945. The molecule has 5 nitrogen and oxygen atoms in total. The van der Waals surface area contributed by atoms with Crippen LogP contribution in [0.2, 0.25) is 10.3 Å². The Hall–Kier alpha value is -1.72. The Bertz CT molecular complexity index is 592. The molecule has 1 unspecified atom stereocenters. The molecule has 0 fully saturated rings. The molecule has 2 aromatic heterocycles. The Morgan fingerprint density at radius 1 is 1.32 bits per heavy atom. The second-order valence-electron chi connectivity index (χ2n) is 3.82. The third-order valence-electron chi connectivity index (χ3n) is 2.44. The van der Waals surface area contributed by atoms with E-state index in [1.165, 1.54) is 6.07 Å². The lowest BCUT2D eigenvalue weighted by molar-refractivity contribution is 0.0938. The Morgan fingerprint density at radius 2 is 2.11 bits per heavy atom. The van der Waals surface area contributed by atoms with Crippen LogP contribution in [0.4, 0.5) is 0 Å². The van der Waals surface area contributed by atoms with Gasteiger partial charge in [0.2, 0.25) is 0 Å². The van der Waals surface area contributed by atoms with E-state index < -0.39 is 0 Å². The summed E-state index contributed by atoms with van der Waals surface area (Å²) in [6, 6.07) is 6.60. The summed E-state index contributed by atoms with van der Waals surface area (Å²) < 4.78 is 0. The third-order valence-corrected chi connectivity index (χ3v) is 2.91. The highest BCUT2D eigenvalue weighted by Crippen LogP contribution is 2.17. The molecule has 0 saturated carbocycles. The van der Waals surface area contributed by atoms with Crippen LogP contribution in [0, 0.1) is 0 Å². The van der Waals surface area contributed by atoms with Crippen LogP contribution in [0.1, 0.15) is 29.0 Å². The van der Waals surface area contributed by atoms with Crippen molar-refractivity contribution in [1.29, 1.82) is 0 Å². The van der Waals surface area contributed by atoms with E-state index in [-0.39, 0.29) is 27.8 Å². The van der Waals surface area contributed by atoms with Crippen LogP contribution < -0.4 is 5.32 Å². The maximum atomic E-state index is 12.1. The minimum Gasteiger partial charge on any atom is -0.344 e. The molecule has 0 aliphatic carbocycles. The van der Waals surface area contributed by atoms with Gasteiger partial charge in [0.25, 0.3) is 5.91 Å². The second-order valence-corrected chi connectivity index (χ2v) is 4.57. The first-order valence-corrected chi connectivity index (χ1v) is 6.24. The molecule has 1 amide bonds. The molecule has 0 spiro atoms. The van der Waals surface area contributed by atoms with E-state index in [4.69, 9.17) is 23.2 Å². The minimum atomic E-state index is -0.375. The first-order chi connectivity index (χ1) is 9.08. The summed E-state index contributed by atoms with van der Waals surface area (Å²) in [7, 11) is 0. The van der Waals surface area contributed by atoms with Gasteiger partial charge in [-0.3, -0.25) is 9.78 Å². The Morgan fingerprint density at radius 3 is 2.79 bits per heavy atom. The standard InChI is InChI=1S/C12H10Cl2N4O/c1-7(9-4-2-3-5-15-9)16-12(19)8-6-10(13)17-18-11(8)14/h2-7H,1H3,(H,16,19). The van der Waals surface area contributed by atoms with Crippen molar-refractivity contribution in [2.75, 3.05) is 0 Å². The van der Waals surface area contributed by atoms with E-state index in [9.17, 15) is 4.79 Å². The minimum absolute atomic E-state index is 0.00937. The molecule has 0 radical (unpaired) electrons. The highest BCUT2D eigenvalue weighted by atomic mass is 35.5. The van der Waals surface area contributed by atoms with Gasteiger partial charge in [0.15, 0.2) is 10.3 Å². The van der Waals surface area contributed by atoms with Crippen molar-refractivity contribution in [2.45, 2.75) is 13.0 Å². The molecule has 0 bridgehead atoms. The third kappa shape index (κ3) is 3.39. The molecule has 0 aliphatic rings. The molecule has 0 aliphatic heterocycles. The van der Waals surface area contributed by atoms with Crippen LogP contribution in [0.15, 0.2) is 30.5 Å². The van der Waals surface area contributed by atoms with Gasteiger partial charge in [-0.2, -0.15) is 0 Å². The fourth-order valence-corrected chi connectivity index (χ4v) is 1.82. The maximum absolute atomic E-state index is 12.1. The highest BCUT2D eigenvalue weighted by molar-refractivity contribution is 6.34. The van der Waals surface area contributed by atoms with Crippen LogP contribution in [0.25, 0.3) is 0 Å². The van der Waals surface area contributed by atoms with Gasteiger partial charge >= 0.3 is 0 Å². The molecule has 0 saturated heterocycles. The van der Waals surface area contributed by atoms with Crippen molar-refractivity contribution < 1.29 is 4.79 Å². The number of aromatic nitrogens is 3. The first kappa shape index (κ1) is 13.7. The number of nitrogens with zero attached hydrogens (tertiary/aromatic N) is 3. The molecular weight excluding hydrogens is 287 g/mol. The lowest BCUT2D eigenvalue weighted by Gasteiger charge is -2.13. The Kier molecular flexibility index (Phi) is 4.29. The Labute approximate surface area is 120 Å². The first-order valence-electron chi connectivity index (χ1n) is 5.48. The summed E-state index contributed by atoms with van der Waals surface area (Å²) in [5.74, 6) is -0.375. The normalized spacial score (nSPS) is 11.9. The van der Waals surface area contributed by atoms with E-state index in [0.717, 1.165) is 5.69 Å². The number of halogens is 2. The molecule has 0 aromatic carbocycles. The molecule has 2 aromatic rings. The zero-order valence-corrected chi connectivity index (χ0v) is 11.5. The molecule has 1 N–H and O–H groups in total. The number of amides is 1. The SMILES string of the molecule is CC(NC(=O)c1cc(Cl)nnc1Cl)c1ccccn1. The average molecular weight is 297 g/mol. The summed E-state index contributed by atoms with van der Waals surface area (Å²) >= 11 is 11.5. The highest BCUT2D eigenvalue weighted by Gasteiger charge is 2.16. The zero-order chi connectivity index (χ0) is 13.8. The topological polar surface area (TPSA) is 67.8 Å². The van der Waals surface area contributed by atoms with Crippen molar-refractivity contribution in [3.05, 3.63) is 52.0 Å². The predicted molar refractivity (Wildman–Crippen MR) is 72.2 cm³/mol. The fraction of sp³-hybridized carbons (Fsp3) is 0.167. The molecule has 7 heteroatoms. The summed E-state index contributed by atoms with van der Waals surface area (Å²) in [6.45, 7) is 1.82. The number of hydrogen-bond acceptors (Lipinski definition) is 4. The van der Waals surface area contributed by atoms with Gasteiger partial charge in [0.1, 0.15) is 0 Å². The van der Waals surface area contributed by atoms with Gasteiger partial charge in [-0.25, -0.2) is 0 Å². The number of carbonyl (C=O) groups is 1. The monoisotopic (exact) mass is 296 g/mol. The lowest BCUT2D eigenvalue weighted by Crippen LogP contribution is -2.27. The molecule has 98 valence electrons. The summed E-state index contributed by atoms with van der Waals surface area (Å²) in [4.78, 5) is 16.2. The van der Waals surface area contributed by atoms with Gasteiger partial charge < -0.3 is 5.32 Å². The van der Waals surface area contributed by atoms with Crippen molar-refractivity contribution in [3.8, 4) is 0 Å². The van der Waals surface area contributed by atoms with Gasteiger partial charge in [-0.05, 0) is 25.1 Å². The average Bonchev–Trinajstić information content (AvgIpc) is 2.42. The van der Waals surface area contributed by atoms with Gasteiger partial charge in [-0.1, -0.05) is 29.3 Å². The van der Waals surface area contributed by atoms with Crippen molar-refractivity contribution in [3.63, 3.8) is 0 Å². The second kappa shape index (κ2) is 5.95. The predicted octanol–water partition coefficient (Wildman–Crippen LogP) is 2.67. The van der Waals surface area contributed by atoms with E-state index in [0.29, 0.717) is 0 Å². The zero-order valence-electron chi connectivity index (χ0n) is 9.97. The number of pyridine rings is 1. The van der Waals surface area contributed by atoms with Crippen LogP contribution in [-0.2, 0) is 0 Å². The van der Waals surface area contributed by atoms with E-state index >= 15 is 0 Å². The van der Waals surface area contributed by atoms with Gasteiger partial charge in [0.05, 0.1) is 17.3 Å². The molecule has 2 rings (SSSR count). The maximum Gasteiger partial charge on any atom is 0.255 e. The summed E-state index contributed by atoms with van der Waals surface area (Å²) in [6.07, 6.45) is 1.66. The van der Waals surface area contributed by atoms with Crippen LogP contribution in [-0.4, -0.2) is 21.1 Å². The van der Waals surface area contributed by atoms with Crippen molar-refractivity contribution in [1.82, 2.24) is 20.5 Å². The van der Waals surface area contributed by atoms with Crippen LogP contribution in [0.3, 0.4) is 0 Å². The Balaban J connectivity index is 2.15. The van der Waals surface area contributed by atoms with Crippen molar-refractivity contribution in [2.24, 2.45) is 0 Å². The molecule has 19 heavy (non-hydrogen) atoms. The summed E-state index contributed by atoms with van der Waals surface area (Å²) in [5.41, 5.74) is 0.935. The lowest BCUT2D eigenvalue weighted by atomic mass is 10.2. The van der Waals surface area contributed by atoms with Gasteiger partial charge in [-0.15, -0.1) is 10.2 Å². The van der Waals surface area contributed by atoms with Crippen LogP contribution in [0.5, 0.6) is 0 Å².